The Kier molecular flexibility index (Phi) is 3.54. The van der Waals surface area contributed by atoms with Crippen LogP contribution < -0.4 is 5.73 Å². The van der Waals surface area contributed by atoms with Crippen LogP contribution >= 0.6 is 0 Å². The van der Waals surface area contributed by atoms with Crippen molar-refractivity contribution in [1.82, 2.24) is 0 Å². The summed E-state index contributed by atoms with van der Waals surface area (Å²) in [6.07, 6.45) is 4.47. The molecule has 17 heavy (non-hydrogen) atoms. The van der Waals surface area contributed by atoms with Crippen molar-refractivity contribution in [2.24, 2.45) is 22.5 Å². The number of aliphatic hydroxyl groups is 1. The van der Waals surface area contributed by atoms with E-state index < -0.39 is 6.10 Å². The Balaban J connectivity index is 1.88. The minimum atomic E-state index is -0.408. The molecule has 3 heteroatoms. The molecule has 2 aliphatic carbocycles. The van der Waals surface area contributed by atoms with Crippen LogP contribution in [0.25, 0.3) is 0 Å². The average molecular weight is 241 g/mol. The summed E-state index contributed by atoms with van der Waals surface area (Å²) in [6.45, 7) is 8.14. The van der Waals surface area contributed by atoms with E-state index >= 15 is 0 Å². The molecule has 4 atom stereocenters. The third-order valence-electron chi connectivity index (χ3n) is 5.76. The maximum absolute atomic E-state index is 9.43. The van der Waals surface area contributed by atoms with Crippen LogP contribution in [0.15, 0.2) is 0 Å². The fraction of sp³-hybridized carbons (Fsp3) is 1.00. The molecule has 3 nitrogen and oxygen atoms in total. The molecule has 4 unspecified atom stereocenters. The number of hydrogen-bond donors (Lipinski definition) is 2. The smallest absolute Gasteiger partial charge is 0.0684 e. The summed E-state index contributed by atoms with van der Waals surface area (Å²) in [6, 6.07) is 0. The minimum Gasteiger partial charge on any atom is -0.392 e. The van der Waals surface area contributed by atoms with Gasteiger partial charge in [0.25, 0.3) is 0 Å². The Hall–Kier alpha value is -0.120. The zero-order chi connectivity index (χ0) is 12.7. The SMILES string of the molecule is CC1(C)C2CCC1(C)C(OCCC(O)CN)C2. The molecule has 3 N–H and O–H groups in total. The van der Waals surface area contributed by atoms with E-state index in [0.717, 1.165) is 5.92 Å². The third kappa shape index (κ3) is 2.02. The number of fused-ring (bicyclic) bond motifs is 2. The molecule has 2 fully saturated rings. The minimum absolute atomic E-state index is 0.325. The van der Waals surface area contributed by atoms with Crippen molar-refractivity contribution in [3.8, 4) is 0 Å². The predicted molar refractivity (Wildman–Crippen MR) is 68.6 cm³/mol. The maximum atomic E-state index is 9.43. The summed E-state index contributed by atoms with van der Waals surface area (Å²) < 4.78 is 6.03. The van der Waals surface area contributed by atoms with Gasteiger partial charge in [-0.15, -0.1) is 0 Å². The van der Waals surface area contributed by atoms with Crippen LogP contribution in [0.4, 0.5) is 0 Å². The van der Waals surface area contributed by atoms with E-state index in [1.165, 1.54) is 19.3 Å². The lowest BCUT2D eigenvalue weighted by molar-refractivity contribution is -0.0542. The van der Waals surface area contributed by atoms with Gasteiger partial charge in [-0.1, -0.05) is 20.8 Å². The normalized spacial score (nSPS) is 40.8. The summed E-state index contributed by atoms with van der Waals surface area (Å²) >= 11 is 0. The van der Waals surface area contributed by atoms with Gasteiger partial charge in [0.05, 0.1) is 12.2 Å². The summed E-state index contributed by atoms with van der Waals surface area (Å²) in [5.74, 6) is 0.817. The topological polar surface area (TPSA) is 55.5 Å². The number of rotatable bonds is 5. The van der Waals surface area contributed by atoms with Gasteiger partial charge in [0.1, 0.15) is 0 Å². The summed E-state index contributed by atoms with van der Waals surface area (Å²) in [7, 11) is 0. The van der Waals surface area contributed by atoms with E-state index in [1.807, 2.05) is 0 Å². The van der Waals surface area contributed by atoms with Gasteiger partial charge in [-0.2, -0.15) is 0 Å². The Morgan fingerprint density at radius 3 is 2.59 bits per heavy atom. The lowest BCUT2D eigenvalue weighted by atomic mass is 9.70. The number of hydrogen-bond acceptors (Lipinski definition) is 3. The van der Waals surface area contributed by atoms with Gasteiger partial charge in [0, 0.05) is 13.2 Å². The van der Waals surface area contributed by atoms with Gasteiger partial charge in [-0.05, 0) is 42.4 Å². The molecule has 0 spiro atoms. The van der Waals surface area contributed by atoms with Crippen LogP contribution in [-0.4, -0.2) is 30.5 Å². The second kappa shape index (κ2) is 4.52. The number of nitrogens with two attached hydrogens (primary N) is 1. The average Bonchev–Trinajstić information content (AvgIpc) is 2.61. The first-order chi connectivity index (χ1) is 7.91. The van der Waals surface area contributed by atoms with Crippen LogP contribution in [0.2, 0.25) is 0 Å². The Morgan fingerprint density at radius 2 is 2.12 bits per heavy atom. The van der Waals surface area contributed by atoms with Crippen LogP contribution in [0, 0.1) is 16.7 Å². The highest BCUT2D eigenvalue weighted by Crippen LogP contribution is 2.66. The highest BCUT2D eigenvalue weighted by molar-refractivity contribution is 5.11. The Labute approximate surface area is 105 Å². The molecule has 2 rings (SSSR count). The largest absolute Gasteiger partial charge is 0.392 e. The lowest BCUT2D eigenvalue weighted by Crippen LogP contribution is -2.37. The maximum Gasteiger partial charge on any atom is 0.0684 e. The van der Waals surface area contributed by atoms with E-state index in [2.05, 4.69) is 20.8 Å². The first kappa shape index (κ1) is 13.3. The Morgan fingerprint density at radius 1 is 1.41 bits per heavy atom. The van der Waals surface area contributed by atoms with Crippen molar-refractivity contribution < 1.29 is 9.84 Å². The van der Waals surface area contributed by atoms with Crippen molar-refractivity contribution in [3.05, 3.63) is 0 Å². The molecule has 0 amide bonds. The van der Waals surface area contributed by atoms with Gasteiger partial charge in [-0.3, -0.25) is 0 Å². The van der Waals surface area contributed by atoms with Gasteiger partial charge in [0.2, 0.25) is 0 Å². The lowest BCUT2D eigenvalue weighted by Gasteiger charge is -2.39. The monoisotopic (exact) mass is 241 g/mol. The Bertz CT molecular complexity index is 279. The molecule has 100 valence electrons. The second-order valence-corrected chi connectivity index (χ2v) is 6.65. The molecule has 0 radical (unpaired) electrons. The quantitative estimate of drug-likeness (QED) is 0.773. The molecule has 0 aromatic carbocycles. The zero-order valence-electron chi connectivity index (χ0n) is 11.4. The van der Waals surface area contributed by atoms with E-state index in [0.29, 0.717) is 36.5 Å². The van der Waals surface area contributed by atoms with Crippen LogP contribution in [0.3, 0.4) is 0 Å². The molecule has 0 saturated heterocycles. The molecule has 0 aromatic heterocycles. The van der Waals surface area contributed by atoms with Crippen molar-refractivity contribution in [3.63, 3.8) is 0 Å². The van der Waals surface area contributed by atoms with Crippen LogP contribution in [0.1, 0.15) is 46.5 Å². The van der Waals surface area contributed by atoms with E-state index in [9.17, 15) is 5.11 Å². The van der Waals surface area contributed by atoms with Gasteiger partial charge >= 0.3 is 0 Å². The third-order valence-corrected chi connectivity index (χ3v) is 5.76. The van der Waals surface area contributed by atoms with Crippen molar-refractivity contribution in [2.45, 2.75) is 58.7 Å². The predicted octanol–water partition coefficient (Wildman–Crippen LogP) is 1.93. The molecular weight excluding hydrogens is 214 g/mol. The second-order valence-electron chi connectivity index (χ2n) is 6.65. The molecular formula is C14H27NO2. The molecule has 0 aromatic rings. The van der Waals surface area contributed by atoms with Crippen molar-refractivity contribution in [1.29, 1.82) is 0 Å². The van der Waals surface area contributed by atoms with Crippen LogP contribution in [0.5, 0.6) is 0 Å². The van der Waals surface area contributed by atoms with E-state index in [-0.39, 0.29) is 0 Å². The summed E-state index contributed by atoms with van der Waals surface area (Å²) in [5, 5.41) is 9.43. The van der Waals surface area contributed by atoms with Gasteiger partial charge in [-0.25, -0.2) is 0 Å². The highest BCUT2D eigenvalue weighted by Gasteiger charge is 2.61. The van der Waals surface area contributed by atoms with E-state index in [1.54, 1.807) is 0 Å². The van der Waals surface area contributed by atoms with Gasteiger partial charge in [0.15, 0.2) is 0 Å². The first-order valence-electron chi connectivity index (χ1n) is 6.91. The number of aliphatic hydroxyl groups excluding tert-OH is 1. The van der Waals surface area contributed by atoms with Crippen LogP contribution in [-0.2, 0) is 4.74 Å². The summed E-state index contributed by atoms with van der Waals surface area (Å²) in [4.78, 5) is 0. The molecule has 0 heterocycles. The van der Waals surface area contributed by atoms with Crippen molar-refractivity contribution >= 4 is 0 Å². The zero-order valence-corrected chi connectivity index (χ0v) is 11.4. The molecule has 2 bridgehead atoms. The highest BCUT2D eigenvalue weighted by atomic mass is 16.5. The summed E-state index contributed by atoms with van der Waals surface area (Å²) in [5.41, 5.74) is 6.12. The standard InChI is InChI=1S/C14H27NO2/c1-13(2)10-4-6-14(13,3)12(8-10)17-7-5-11(16)9-15/h10-12,16H,4-9,15H2,1-3H3. The van der Waals surface area contributed by atoms with Crippen molar-refractivity contribution in [2.75, 3.05) is 13.2 Å². The molecule has 2 aliphatic rings. The fourth-order valence-electron chi connectivity index (χ4n) is 3.85. The molecule has 0 aliphatic heterocycles. The fourth-order valence-corrected chi connectivity index (χ4v) is 3.85. The van der Waals surface area contributed by atoms with Gasteiger partial charge < -0.3 is 15.6 Å². The number of ether oxygens (including phenoxy) is 1. The van der Waals surface area contributed by atoms with E-state index in [4.69, 9.17) is 10.5 Å². The first-order valence-corrected chi connectivity index (χ1v) is 6.91. The molecule has 2 saturated carbocycles.